The Morgan fingerprint density at radius 2 is 2.14 bits per heavy atom. The highest BCUT2D eigenvalue weighted by Gasteiger charge is 2.56. The Labute approximate surface area is 126 Å². The second-order valence-corrected chi connectivity index (χ2v) is 6.18. The molecule has 2 aliphatic heterocycles. The van der Waals surface area contributed by atoms with Gasteiger partial charge in [0.05, 0.1) is 0 Å². The van der Waals surface area contributed by atoms with Crippen LogP contribution >= 0.6 is 11.8 Å². The van der Waals surface area contributed by atoms with Gasteiger partial charge in [-0.15, -0.1) is 11.8 Å². The highest BCUT2D eigenvalue weighted by atomic mass is 32.2. The van der Waals surface area contributed by atoms with Crippen molar-refractivity contribution in [2.24, 2.45) is 0 Å². The van der Waals surface area contributed by atoms with Crippen LogP contribution in [0.15, 0.2) is 12.2 Å². The lowest BCUT2D eigenvalue weighted by atomic mass is 9.98. The molecule has 0 radical (unpaired) electrons. The van der Waals surface area contributed by atoms with Gasteiger partial charge in [-0.2, -0.15) is 0 Å². The number of β-lactam (4-membered cyclic amide) rings is 1. The zero-order valence-corrected chi connectivity index (χ0v) is 12.3. The molecule has 0 spiro atoms. The lowest BCUT2D eigenvalue weighted by molar-refractivity contribution is -0.160. The Morgan fingerprint density at radius 1 is 1.43 bits per heavy atom. The summed E-state index contributed by atoms with van der Waals surface area (Å²) in [4.78, 5) is 36.3. The van der Waals surface area contributed by atoms with Crippen LogP contribution in [0.5, 0.6) is 0 Å². The van der Waals surface area contributed by atoms with E-state index in [1.54, 1.807) is 0 Å². The maximum absolute atomic E-state index is 12.1. The average molecular weight is 314 g/mol. The number of aliphatic carboxylic acids is 1. The fraction of sp³-hybridized carbons (Fsp3) is 0.615. The van der Waals surface area contributed by atoms with Gasteiger partial charge in [0.25, 0.3) is 0 Å². The molecule has 0 saturated carbocycles. The number of carboxylic acids is 1. The minimum Gasteiger partial charge on any atom is -0.479 e. The Hall–Kier alpha value is -1.54. The molecule has 0 aromatic carbocycles. The smallest absolute Gasteiger partial charge is 0.330 e. The van der Waals surface area contributed by atoms with Crippen molar-refractivity contribution >= 4 is 29.5 Å². The first-order valence-electron chi connectivity index (χ1n) is 6.72. The number of nitrogens with one attached hydrogen (secondary N) is 1. The van der Waals surface area contributed by atoms with E-state index in [0.717, 1.165) is 0 Å². The number of carbonyl (C=O) groups is 3. The van der Waals surface area contributed by atoms with Gasteiger partial charge in [0, 0.05) is 18.8 Å². The predicted molar refractivity (Wildman–Crippen MR) is 76.5 cm³/mol. The van der Waals surface area contributed by atoms with Gasteiger partial charge >= 0.3 is 5.97 Å². The third-order valence-corrected chi connectivity index (χ3v) is 4.92. The molecule has 2 heterocycles. The number of thioether (sulfide) groups is 1. The van der Waals surface area contributed by atoms with Crippen LogP contribution in [0.1, 0.15) is 19.3 Å². The summed E-state index contributed by atoms with van der Waals surface area (Å²) >= 11 is 1.41. The van der Waals surface area contributed by atoms with Crippen molar-refractivity contribution in [1.29, 1.82) is 0 Å². The number of nitrogens with zero attached hydrogens (tertiary/aromatic N) is 1. The normalized spacial score (nSPS) is 27.9. The van der Waals surface area contributed by atoms with E-state index >= 15 is 0 Å². The second kappa shape index (κ2) is 6.48. The van der Waals surface area contributed by atoms with Crippen molar-refractivity contribution in [2.45, 2.75) is 36.7 Å². The molecule has 2 saturated heterocycles. The highest BCUT2D eigenvalue weighted by Crippen LogP contribution is 2.39. The Morgan fingerprint density at radius 3 is 2.76 bits per heavy atom. The average Bonchev–Trinajstić information content (AvgIpc) is 2.44. The summed E-state index contributed by atoms with van der Waals surface area (Å²) in [5.74, 6) is -1.26. The quantitative estimate of drug-likeness (QED) is 0.348. The molecule has 21 heavy (non-hydrogen) atoms. The standard InChI is InChI=1S/C13H18N2O5S/c1-7-6-21-12-9(14-8(17)4-2-3-5-16)11(18)15(12)10(7)13(19)20/h9-10,12,16H,1-6H2,(H,14,17)(H,19,20)/t9?,10?,12-/m0/s1. The van der Waals surface area contributed by atoms with Crippen molar-refractivity contribution in [2.75, 3.05) is 12.4 Å². The van der Waals surface area contributed by atoms with Gasteiger partial charge in [-0.1, -0.05) is 6.58 Å². The zero-order chi connectivity index (χ0) is 15.6. The lowest BCUT2D eigenvalue weighted by Crippen LogP contribution is -2.74. The number of hydrogen-bond donors (Lipinski definition) is 3. The number of rotatable bonds is 6. The van der Waals surface area contributed by atoms with Crippen molar-refractivity contribution in [3.8, 4) is 0 Å². The second-order valence-electron chi connectivity index (χ2n) is 5.07. The third kappa shape index (κ3) is 3.06. The van der Waals surface area contributed by atoms with E-state index in [2.05, 4.69) is 11.9 Å². The number of aliphatic hydroxyl groups is 1. The van der Waals surface area contributed by atoms with Crippen LogP contribution in [-0.4, -0.2) is 62.7 Å². The van der Waals surface area contributed by atoms with Crippen molar-refractivity contribution in [3.63, 3.8) is 0 Å². The van der Waals surface area contributed by atoms with Gasteiger partial charge in [0.2, 0.25) is 11.8 Å². The van der Waals surface area contributed by atoms with Crippen LogP contribution in [-0.2, 0) is 14.4 Å². The van der Waals surface area contributed by atoms with E-state index in [1.807, 2.05) is 0 Å². The number of hydrogen-bond acceptors (Lipinski definition) is 5. The van der Waals surface area contributed by atoms with E-state index in [-0.39, 0.29) is 30.2 Å². The summed E-state index contributed by atoms with van der Waals surface area (Å²) in [7, 11) is 0. The van der Waals surface area contributed by atoms with Gasteiger partial charge in [0.15, 0.2) is 6.04 Å². The van der Waals surface area contributed by atoms with Gasteiger partial charge in [-0.05, 0) is 18.4 Å². The summed E-state index contributed by atoms with van der Waals surface area (Å²) in [6, 6.07) is -1.65. The van der Waals surface area contributed by atoms with Crippen molar-refractivity contribution in [1.82, 2.24) is 10.2 Å². The summed E-state index contributed by atoms with van der Waals surface area (Å²) in [6.07, 6.45) is 1.34. The fourth-order valence-corrected chi connectivity index (χ4v) is 3.78. The molecule has 2 unspecified atom stereocenters. The number of carbonyl (C=O) groups excluding carboxylic acids is 2. The van der Waals surface area contributed by atoms with Crippen LogP contribution in [0, 0.1) is 0 Å². The minimum absolute atomic E-state index is 0.0320. The molecule has 3 N–H and O–H groups in total. The SMILES string of the molecule is C=C1CS[C@H]2C(NC(=O)CCCCO)C(=O)N2C1C(=O)O. The summed E-state index contributed by atoms with van der Waals surface area (Å²) in [5.41, 5.74) is 0.491. The van der Waals surface area contributed by atoms with E-state index < -0.39 is 18.1 Å². The molecule has 2 aliphatic rings. The third-order valence-electron chi connectivity index (χ3n) is 3.55. The number of amides is 2. The first kappa shape index (κ1) is 15.8. The number of fused-ring (bicyclic) bond motifs is 1. The molecule has 2 rings (SSSR count). The van der Waals surface area contributed by atoms with Crippen LogP contribution in [0.2, 0.25) is 0 Å². The maximum atomic E-state index is 12.1. The van der Waals surface area contributed by atoms with Gasteiger partial charge in [0.1, 0.15) is 11.4 Å². The van der Waals surface area contributed by atoms with E-state index in [1.165, 1.54) is 16.7 Å². The molecule has 7 nitrogen and oxygen atoms in total. The summed E-state index contributed by atoms with van der Waals surface area (Å²) < 4.78 is 0. The van der Waals surface area contributed by atoms with Crippen molar-refractivity contribution in [3.05, 3.63) is 12.2 Å². The van der Waals surface area contributed by atoms with E-state index in [9.17, 15) is 19.5 Å². The minimum atomic E-state index is -1.09. The first-order chi connectivity index (χ1) is 9.97. The Balaban J connectivity index is 1.94. The molecule has 8 heteroatoms. The molecule has 0 aromatic heterocycles. The molecule has 0 aliphatic carbocycles. The summed E-state index contributed by atoms with van der Waals surface area (Å²) in [5, 5.41) is 20.1. The highest BCUT2D eigenvalue weighted by molar-refractivity contribution is 8.00. The van der Waals surface area contributed by atoms with Gasteiger partial charge < -0.3 is 20.4 Å². The fourth-order valence-electron chi connectivity index (χ4n) is 2.47. The van der Waals surface area contributed by atoms with Crippen LogP contribution < -0.4 is 5.32 Å². The molecular formula is C13H18N2O5S. The Kier molecular flexibility index (Phi) is 4.89. The first-order valence-corrected chi connectivity index (χ1v) is 7.76. The molecule has 2 fully saturated rings. The van der Waals surface area contributed by atoms with Crippen LogP contribution in [0.4, 0.5) is 0 Å². The molecule has 3 atom stereocenters. The van der Waals surface area contributed by atoms with E-state index in [0.29, 0.717) is 24.2 Å². The molecule has 0 aromatic rings. The lowest BCUT2D eigenvalue weighted by Gasteiger charge is -2.52. The molecule has 0 bridgehead atoms. The van der Waals surface area contributed by atoms with Gasteiger partial charge in [-0.25, -0.2) is 4.79 Å². The maximum Gasteiger partial charge on any atom is 0.330 e. The molecule has 2 amide bonds. The Bertz CT molecular complexity index is 481. The van der Waals surface area contributed by atoms with E-state index in [4.69, 9.17) is 5.11 Å². The zero-order valence-electron chi connectivity index (χ0n) is 11.4. The van der Waals surface area contributed by atoms with Crippen LogP contribution in [0.25, 0.3) is 0 Å². The number of unbranched alkanes of at least 4 members (excludes halogenated alkanes) is 1. The summed E-state index contributed by atoms with van der Waals surface area (Å²) in [6.45, 7) is 3.73. The van der Waals surface area contributed by atoms with Crippen LogP contribution in [0.3, 0.4) is 0 Å². The number of aliphatic hydroxyl groups excluding tert-OH is 1. The molecular weight excluding hydrogens is 296 g/mol. The largest absolute Gasteiger partial charge is 0.479 e. The molecule has 116 valence electrons. The monoisotopic (exact) mass is 314 g/mol. The topological polar surface area (TPSA) is 107 Å². The van der Waals surface area contributed by atoms with Gasteiger partial charge in [-0.3, -0.25) is 9.59 Å². The van der Waals surface area contributed by atoms with Crippen molar-refractivity contribution < 1.29 is 24.6 Å². The predicted octanol–water partition coefficient (Wildman–Crippen LogP) is -0.442. The number of carboxylic acid groups (broad SMARTS) is 1.